The predicted molar refractivity (Wildman–Crippen MR) is 61.2 cm³/mol. The van der Waals surface area contributed by atoms with Crippen LogP contribution in [0.5, 0.6) is 0 Å². The third kappa shape index (κ3) is 4.54. The molecular weight excluding hydrogens is 222 g/mol. The summed E-state index contributed by atoms with van der Waals surface area (Å²) in [5.74, 6) is -0.462. The van der Waals surface area contributed by atoms with Crippen molar-refractivity contribution in [3.8, 4) is 0 Å². The maximum Gasteiger partial charge on any atom is 0.328 e. The van der Waals surface area contributed by atoms with Gasteiger partial charge in [-0.2, -0.15) is 0 Å². The number of esters is 1. The van der Waals surface area contributed by atoms with Crippen LogP contribution in [-0.2, 0) is 19.1 Å². The molecule has 0 radical (unpaired) electrons. The largest absolute Gasteiger partial charge is 0.467 e. The van der Waals surface area contributed by atoms with Crippen LogP contribution in [0.3, 0.4) is 0 Å². The molecule has 5 nitrogen and oxygen atoms in total. The number of amides is 1. The van der Waals surface area contributed by atoms with E-state index in [1.54, 1.807) is 6.92 Å². The molecule has 1 rings (SSSR count). The van der Waals surface area contributed by atoms with Crippen molar-refractivity contribution in [2.45, 2.75) is 45.1 Å². The first-order valence-electron chi connectivity index (χ1n) is 5.98. The number of hydrogen-bond donors (Lipinski definition) is 1. The molecule has 1 aliphatic rings. The van der Waals surface area contributed by atoms with Crippen molar-refractivity contribution in [2.75, 3.05) is 7.11 Å². The second-order valence-corrected chi connectivity index (χ2v) is 4.29. The van der Waals surface area contributed by atoms with Crippen molar-refractivity contribution in [3.63, 3.8) is 0 Å². The Hall–Kier alpha value is -1.39. The number of methoxy groups -OCH3 is 1. The smallest absolute Gasteiger partial charge is 0.328 e. The van der Waals surface area contributed by atoms with Crippen LogP contribution >= 0.6 is 0 Å². The Morgan fingerprint density at radius 3 is 2.47 bits per heavy atom. The summed E-state index contributed by atoms with van der Waals surface area (Å²) in [5.41, 5.74) is 0. The molecular formula is C12H19NO4. The maximum absolute atomic E-state index is 11.5. The van der Waals surface area contributed by atoms with Crippen LogP contribution in [0.1, 0.15) is 39.0 Å². The standard InChI is InChI=1S/C12H19NO4/c1-3-9(14)6-7-10(12(16)17-2)13-11(15)8-4-5-8/h8,10H,3-7H2,1-2H3,(H,13,15)/t10-/m0/s1. The van der Waals surface area contributed by atoms with Gasteiger partial charge in [-0.05, 0) is 19.3 Å². The van der Waals surface area contributed by atoms with Crippen LogP contribution in [0.25, 0.3) is 0 Å². The zero-order valence-corrected chi connectivity index (χ0v) is 10.3. The molecule has 1 saturated carbocycles. The van der Waals surface area contributed by atoms with Gasteiger partial charge < -0.3 is 10.1 Å². The van der Waals surface area contributed by atoms with Crippen LogP contribution in [-0.4, -0.2) is 30.8 Å². The van der Waals surface area contributed by atoms with Crippen LogP contribution in [0, 0.1) is 5.92 Å². The van der Waals surface area contributed by atoms with E-state index >= 15 is 0 Å². The van der Waals surface area contributed by atoms with Gasteiger partial charge in [0, 0.05) is 18.8 Å². The fourth-order valence-corrected chi connectivity index (χ4v) is 1.51. The number of carbonyl (C=O) groups is 3. The number of ether oxygens (including phenoxy) is 1. The molecule has 1 fully saturated rings. The molecule has 0 saturated heterocycles. The van der Waals surface area contributed by atoms with E-state index < -0.39 is 12.0 Å². The van der Waals surface area contributed by atoms with Gasteiger partial charge in [-0.15, -0.1) is 0 Å². The number of rotatable bonds is 7. The quantitative estimate of drug-likeness (QED) is 0.669. The number of carbonyl (C=O) groups excluding carboxylic acids is 3. The normalized spacial score (nSPS) is 16.1. The molecule has 0 aromatic rings. The van der Waals surface area contributed by atoms with Gasteiger partial charge >= 0.3 is 5.97 Å². The third-order valence-electron chi connectivity index (χ3n) is 2.86. The monoisotopic (exact) mass is 241 g/mol. The highest BCUT2D eigenvalue weighted by Gasteiger charge is 2.32. The molecule has 0 aromatic heterocycles. The molecule has 17 heavy (non-hydrogen) atoms. The maximum atomic E-state index is 11.5. The van der Waals surface area contributed by atoms with Crippen LogP contribution < -0.4 is 5.32 Å². The zero-order valence-electron chi connectivity index (χ0n) is 10.3. The summed E-state index contributed by atoms with van der Waals surface area (Å²) in [4.78, 5) is 34.2. The minimum absolute atomic E-state index is 0.0454. The minimum Gasteiger partial charge on any atom is -0.467 e. The first-order chi connectivity index (χ1) is 8.08. The van der Waals surface area contributed by atoms with E-state index in [1.807, 2.05) is 0 Å². The first-order valence-corrected chi connectivity index (χ1v) is 5.98. The van der Waals surface area contributed by atoms with E-state index in [9.17, 15) is 14.4 Å². The highest BCUT2D eigenvalue weighted by atomic mass is 16.5. The van der Waals surface area contributed by atoms with Gasteiger partial charge in [0.25, 0.3) is 0 Å². The molecule has 96 valence electrons. The van der Waals surface area contributed by atoms with Gasteiger partial charge in [0.2, 0.25) is 5.91 Å². The third-order valence-corrected chi connectivity index (χ3v) is 2.86. The molecule has 0 aliphatic heterocycles. The summed E-state index contributed by atoms with van der Waals surface area (Å²) in [5, 5.41) is 2.64. The van der Waals surface area contributed by atoms with Gasteiger partial charge in [-0.3, -0.25) is 9.59 Å². The van der Waals surface area contributed by atoms with Crippen molar-refractivity contribution in [1.82, 2.24) is 5.32 Å². The summed E-state index contributed by atoms with van der Waals surface area (Å²) >= 11 is 0. The van der Waals surface area contributed by atoms with Gasteiger partial charge in [0.15, 0.2) is 0 Å². The average molecular weight is 241 g/mol. The Balaban J connectivity index is 2.44. The van der Waals surface area contributed by atoms with E-state index in [0.29, 0.717) is 19.3 Å². The van der Waals surface area contributed by atoms with E-state index in [2.05, 4.69) is 10.1 Å². The van der Waals surface area contributed by atoms with Crippen molar-refractivity contribution in [1.29, 1.82) is 0 Å². The number of ketones is 1. The van der Waals surface area contributed by atoms with E-state index in [0.717, 1.165) is 12.8 Å². The number of nitrogens with one attached hydrogen (secondary N) is 1. The Morgan fingerprint density at radius 2 is 2.00 bits per heavy atom. The summed E-state index contributed by atoms with van der Waals surface area (Å²) in [6.45, 7) is 1.78. The Morgan fingerprint density at radius 1 is 1.35 bits per heavy atom. The summed E-state index contributed by atoms with van der Waals surface area (Å²) < 4.78 is 4.61. The Labute approximate surface area is 101 Å². The SMILES string of the molecule is CCC(=O)CC[C@H](NC(=O)C1CC1)C(=O)OC. The van der Waals surface area contributed by atoms with Crippen LogP contribution in [0.4, 0.5) is 0 Å². The number of hydrogen-bond acceptors (Lipinski definition) is 4. The Kier molecular flexibility index (Phi) is 5.12. The molecule has 0 aromatic carbocycles. The fourth-order valence-electron chi connectivity index (χ4n) is 1.51. The van der Waals surface area contributed by atoms with E-state index in [4.69, 9.17) is 0 Å². The second kappa shape index (κ2) is 6.37. The van der Waals surface area contributed by atoms with Crippen molar-refractivity contribution < 1.29 is 19.1 Å². The zero-order chi connectivity index (χ0) is 12.8. The lowest BCUT2D eigenvalue weighted by Crippen LogP contribution is -2.42. The minimum atomic E-state index is -0.691. The van der Waals surface area contributed by atoms with E-state index in [1.165, 1.54) is 7.11 Å². The average Bonchev–Trinajstić information content (AvgIpc) is 3.16. The van der Waals surface area contributed by atoms with E-state index in [-0.39, 0.29) is 17.6 Å². The highest BCUT2D eigenvalue weighted by Crippen LogP contribution is 2.29. The molecule has 0 unspecified atom stereocenters. The second-order valence-electron chi connectivity index (χ2n) is 4.29. The van der Waals surface area contributed by atoms with Crippen molar-refractivity contribution in [3.05, 3.63) is 0 Å². The molecule has 1 aliphatic carbocycles. The first kappa shape index (κ1) is 13.7. The van der Waals surface area contributed by atoms with Crippen molar-refractivity contribution in [2.24, 2.45) is 5.92 Å². The van der Waals surface area contributed by atoms with Gasteiger partial charge in [0.1, 0.15) is 11.8 Å². The van der Waals surface area contributed by atoms with Crippen molar-refractivity contribution >= 4 is 17.7 Å². The summed E-state index contributed by atoms with van der Waals surface area (Å²) in [6, 6.07) is -0.691. The lowest BCUT2D eigenvalue weighted by Gasteiger charge is -2.15. The molecule has 1 amide bonds. The summed E-state index contributed by atoms with van der Waals surface area (Å²) in [6.07, 6.45) is 2.82. The molecule has 1 atom stereocenters. The lowest BCUT2D eigenvalue weighted by atomic mass is 10.1. The topological polar surface area (TPSA) is 72.5 Å². The predicted octanol–water partition coefficient (Wildman–Crippen LogP) is 0.813. The molecule has 0 spiro atoms. The lowest BCUT2D eigenvalue weighted by molar-refractivity contribution is -0.145. The molecule has 0 heterocycles. The van der Waals surface area contributed by atoms with Gasteiger partial charge in [-0.1, -0.05) is 6.92 Å². The van der Waals surface area contributed by atoms with Gasteiger partial charge in [-0.25, -0.2) is 4.79 Å². The highest BCUT2D eigenvalue weighted by molar-refractivity contribution is 5.87. The molecule has 5 heteroatoms. The van der Waals surface area contributed by atoms with Gasteiger partial charge in [0.05, 0.1) is 7.11 Å². The molecule has 0 bridgehead atoms. The molecule has 1 N–H and O–H groups in total. The Bertz CT molecular complexity index is 310. The van der Waals surface area contributed by atoms with Crippen LogP contribution in [0.2, 0.25) is 0 Å². The van der Waals surface area contributed by atoms with Crippen LogP contribution in [0.15, 0.2) is 0 Å². The number of Topliss-reactive ketones (excluding diaryl/α,β-unsaturated/α-hetero) is 1. The summed E-state index contributed by atoms with van der Waals surface area (Å²) in [7, 11) is 1.28. The fraction of sp³-hybridized carbons (Fsp3) is 0.750.